The Morgan fingerprint density at radius 3 is 2.62 bits per heavy atom. The minimum atomic E-state index is -1.85. The highest BCUT2D eigenvalue weighted by Crippen LogP contribution is 2.37. The number of halogens is 1. The van der Waals surface area contributed by atoms with Crippen LogP contribution in [0.4, 0.5) is 10.3 Å². The van der Waals surface area contributed by atoms with E-state index in [2.05, 4.69) is 9.97 Å². The number of aromatic nitrogens is 4. The van der Waals surface area contributed by atoms with Crippen molar-refractivity contribution in [2.24, 2.45) is 0 Å². The molecular weight excluding hydrogens is 425 g/mol. The minimum absolute atomic E-state index is 0.0828. The fourth-order valence-electron chi connectivity index (χ4n) is 3.90. The summed E-state index contributed by atoms with van der Waals surface area (Å²) in [5, 5.41) is 0. The summed E-state index contributed by atoms with van der Waals surface area (Å²) in [7, 11) is 0. The van der Waals surface area contributed by atoms with Gasteiger partial charge in [-0.1, -0.05) is 20.3 Å². The number of alkyl halides is 1. The predicted molar refractivity (Wildman–Crippen MR) is 111 cm³/mol. The van der Waals surface area contributed by atoms with Crippen LogP contribution in [0.15, 0.2) is 11.0 Å². The van der Waals surface area contributed by atoms with E-state index in [1.54, 1.807) is 6.92 Å². The Balaban J connectivity index is 2.14. The van der Waals surface area contributed by atoms with Gasteiger partial charge in [0.25, 0.3) is 0 Å². The van der Waals surface area contributed by atoms with E-state index in [9.17, 15) is 14.4 Å². The second-order valence-electron chi connectivity index (χ2n) is 7.66. The number of aryl methyl sites for hydroxylation is 1. The Morgan fingerprint density at radius 1 is 1.31 bits per heavy atom. The Hall–Kier alpha value is -3.02. The molecule has 1 aliphatic rings. The lowest BCUT2D eigenvalue weighted by atomic mass is 10.0. The largest absolute Gasteiger partial charge is 0.460 e. The molecule has 2 aromatic heterocycles. The lowest BCUT2D eigenvalue weighted by Gasteiger charge is -2.23. The van der Waals surface area contributed by atoms with Crippen molar-refractivity contribution < 1.29 is 28.2 Å². The molecule has 1 fully saturated rings. The number of esters is 2. The van der Waals surface area contributed by atoms with Crippen molar-refractivity contribution in [3.8, 4) is 0 Å². The number of nitrogens with zero attached hydrogens (tertiary/aromatic N) is 4. The van der Waals surface area contributed by atoms with Gasteiger partial charge in [-0.15, -0.1) is 0 Å². The number of rotatable bonds is 8. The van der Waals surface area contributed by atoms with Gasteiger partial charge >= 0.3 is 17.6 Å². The highest BCUT2D eigenvalue weighted by Gasteiger charge is 2.53. The molecule has 0 saturated carbocycles. The summed E-state index contributed by atoms with van der Waals surface area (Å²) < 4.78 is 34.4. The number of hydrogen-bond acceptors (Lipinski definition) is 9. The molecule has 0 aliphatic carbocycles. The Bertz CT molecular complexity index is 1050. The van der Waals surface area contributed by atoms with Crippen LogP contribution in [0.2, 0.25) is 0 Å². The fourth-order valence-corrected chi connectivity index (χ4v) is 3.90. The molecule has 1 saturated heterocycles. The molecule has 1 unspecified atom stereocenters. The van der Waals surface area contributed by atoms with Crippen molar-refractivity contribution in [1.82, 2.24) is 19.1 Å². The number of anilines is 1. The Kier molecular flexibility index (Phi) is 7.12. The van der Waals surface area contributed by atoms with Crippen LogP contribution in [0.3, 0.4) is 0 Å². The first-order valence-electron chi connectivity index (χ1n) is 10.6. The number of fused-ring (bicyclic) bond motifs is 1. The molecule has 1 aliphatic heterocycles. The van der Waals surface area contributed by atoms with Crippen LogP contribution in [0.25, 0.3) is 11.2 Å². The van der Waals surface area contributed by atoms with E-state index in [1.165, 1.54) is 17.7 Å². The number of ether oxygens (including phenoxy) is 3. The maximum absolute atomic E-state index is 15.5. The zero-order chi connectivity index (χ0) is 23.6. The van der Waals surface area contributed by atoms with E-state index >= 15 is 4.39 Å². The smallest absolute Gasteiger partial charge is 0.332 e. The van der Waals surface area contributed by atoms with E-state index in [-0.39, 0.29) is 18.0 Å². The highest BCUT2D eigenvalue weighted by atomic mass is 19.1. The topological polar surface area (TPSA) is 141 Å². The van der Waals surface area contributed by atoms with Crippen LogP contribution in [0.5, 0.6) is 0 Å². The normalized spacial score (nSPS) is 23.9. The van der Waals surface area contributed by atoms with Gasteiger partial charge in [0.1, 0.15) is 17.7 Å². The number of imidazole rings is 1. The van der Waals surface area contributed by atoms with Crippen molar-refractivity contribution in [3.05, 3.63) is 16.7 Å². The van der Waals surface area contributed by atoms with Gasteiger partial charge in [0.2, 0.25) is 5.95 Å². The van der Waals surface area contributed by atoms with Crippen LogP contribution < -0.4 is 11.4 Å². The highest BCUT2D eigenvalue weighted by molar-refractivity contribution is 5.72. The zero-order valence-electron chi connectivity index (χ0n) is 18.5. The monoisotopic (exact) mass is 453 g/mol. The van der Waals surface area contributed by atoms with E-state index in [1.807, 2.05) is 6.92 Å². The van der Waals surface area contributed by atoms with Crippen molar-refractivity contribution in [2.75, 3.05) is 5.73 Å². The van der Waals surface area contributed by atoms with Crippen molar-refractivity contribution >= 4 is 29.1 Å². The molecule has 3 rings (SSSR count). The average Bonchev–Trinajstić information content (AvgIpc) is 3.17. The fraction of sp³-hybridized carbons (Fsp3) is 0.650. The molecule has 0 spiro atoms. The molecule has 0 bridgehead atoms. The number of carbonyl (C=O) groups excluding carboxylic acids is 2. The first kappa shape index (κ1) is 23.6. The van der Waals surface area contributed by atoms with Gasteiger partial charge in [-0.25, -0.2) is 18.7 Å². The van der Waals surface area contributed by atoms with Crippen LogP contribution in [0, 0.1) is 0 Å². The molecule has 2 aromatic rings. The van der Waals surface area contributed by atoms with Crippen molar-refractivity contribution in [1.29, 1.82) is 0 Å². The minimum Gasteiger partial charge on any atom is -0.460 e. The lowest BCUT2D eigenvalue weighted by Crippen LogP contribution is -2.39. The van der Waals surface area contributed by atoms with Gasteiger partial charge in [-0.3, -0.25) is 14.2 Å². The van der Waals surface area contributed by atoms with Crippen LogP contribution in [-0.2, 0) is 30.3 Å². The summed E-state index contributed by atoms with van der Waals surface area (Å²) in [6, 6.07) is 0. The zero-order valence-corrected chi connectivity index (χ0v) is 18.5. The van der Waals surface area contributed by atoms with Gasteiger partial charge in [0.15, 0.2) is 24.2 Å². The van der Waals surface area contributed by atoms with Gasteiger partial charge in [-0.2, -0.15) is 4.98 Å². The third-order valence-electron chi connectivity index (χ3n) is 5.31. The van der Waals surface area contributed by atoms with Gasteiger partial charge in [0, 0.05) is 20.4 Å². The van der Waals surface area contributed by atoms with E-state index < -0.39 is 48.3 Å². The van der Waals surface area contributed by atoms with E-state index in [0.29, 0.717) is 18.5 Å². The van der Waals surface area contributed by atoms with Gasteiger partial charge in [-0.05, 0) is 12.8 Å². The molecule has 12 heteroatoms. The number of nitrogen functional groups attached to an aromatic ring is 1. The SMILES string of the molecule is CCCCn1c(=O)n([C@@H]2O[C@H](C(CC)OC(C)=O)[C@H](F)[C@H]2OC(C)=O)c2nc(N)ncc21. The van der Waals surface area contributed by atoms with Gasteiger partial charge < -0.3 is 19.9 Å². The Labute approximate surface area is 183 Å². The number of nitrogens with two attached hydrogens (primary N) is 1. The van der Waals surface area contributed by atoms with Crippen molar-refractivity contribution in [3.63, 3.8) is 0 Å². The summed E-state index contributed by atoms with van der Waals surface area (Å²) in [5.41, 5.74) is 5.75. The molecule has 2 N–H and O–H groups in total. The number of hydrogen-bond donors (Lipinski definition) is 1. The standard InChI is InChI=1S/C20H28FN5O6/c1-5-7-8-25-12-9-23-19(22)24-17(12)26(20(25)29)18-16(31-11(4)28)14(21)15(32-18)13(6-2)30-10(3)27/h9,13-16,18H,5-8H2,1-4H3,(H2,22,23,24)/t13?,14-,15+,16+,18+/m0/s1. The second-order valence-corrected chi connectivity index (χ2v) is 7.66. The molecule has 11 nitrogen and oxygen atoms in total. The van der Waals surface area contributed by atoms with Crippen LogP contribution >= 0.6 is 0 Å². The maximum atomic E-state index is 15.5. The maximum Gasteiger partial charge on any atom is 0.332 e. The molecule has 176 valence electrons. The molecule has 3 heterocycles. The molecule has 0 aromatic carbocycles. The lowest BCUT2D eigenvalue weighted by molar-refractivity contribution is -0.159. The van der Waals surface area contributed by atoms with Crippen LogP contribution in [-0.4, -0.2) is 55.5 Å². The molecular formula is C20H28FN5O6. The summed E-state index contributed by atoms with van der Waals surface area (Å²) in [4.78, 5) is 44.7. The van der Waals surface area contributed by atoms with Crippen LogP contribution in [0.1, 0.15) is 53.2 Å². The average molecular weight is 453 g/mol. The summed E-state index contributed by atoms with van der Waals surface area (Å²) >= 11 is 0. The van der Waals surface area contributed by atoms with Gasteiger partial charge in [0.05, 0.1) is 6.20 Å². The predicted octanol–water partition coefficient (Wildman–Crippen LogP) is 1.48. The van der Waals surface area contributed by atoms with E-state index in [0.717, 1.165) is 17.9 Å². The third-order valence-corrected chi connectivity index (χ3v) is 5.31. The second kappa shape index (κ2) is 9.63. The molecule has 0 amide bonds. The first-order chi connectivity index (χ1) is 15.2. The quantitative estimate of drug-likeness (QED) is 0.588. The first-order valence-corrected chi connectivity index (χ1v) is 10.6. The summed E-state index contributed by atoms with van der Waals surface area (Å²) in [6.07, 6.45) is -3.62. The number of carbonyl (C=O) groups is 2. The number of unbranched alkanes of at least 4 members (excludes halogenated alkanes) is 1. The van der Waals surface area contributed by atoms with E-state index in [4.69, 9.17) is 19.9 Å². The van der Waals surface area contributed by atoms with Crippen molar-refractivity contribution in [2.45, 2.75) is 84.2 Å². The molecule has 32 heavy (non-hydrogen) atoms. The molecule has 0 radical (unpaired) electrons. The summed E-state index contributed by atoms with van der Waals surface area (Å²) in [5.74, 6) is -1.43. The summed E-state index contributed by atoms with van der Waals surface area (Å²) in [6.45, 7) is 6.40. The molecule has 5 atom stereocenters. The third kappa shape index (κ3) is 4.45. The Morgan fingerprint density at radius 2 is 2.03 bits per heavy atom.